The van der Waals surface area contributed by atoms with Gasteiger partial charge in [-0.2, -0.15) is 0 Å². The van der Waals surface area contributed by atoms with E-state index in [9.17, 15) is 9.59 Å². The number of ether oxygens (including phenoxy) is 2. The van der Waals surface area contributed by atoms with Gasteiger partial charge in [0.15, 0.2) is 5.41 Å². The fraction of sp³-hybridized carbons (Fsp3) is 0.444. The molecule has 0 spiro atoms. The van der Waals surface area contributed by atoms with Gasteiger partial charge in [0, 0.05) is 9.99 Å². The van der Waals surface area contributed by atoms with Crippen LogP contribution >= 0.6 is 22.6 Å². The molecule has 1 aromatic rings. The van der Waals surface area contributed by atoms with E-state index in [1.54, 1.807) is 20.8 Å². The van der Waals surface area contributed by atoms with Gasteiger partial charge >= 0.3 is 11.9 Å². The first-order chi connectivity index (χ1) is 10.9. The Bertz CT molecular complexity index is 562. The van der Waals surface area contributed by atoms with Crippen LogP contribution in [0.3, 0.4) is 0 Å². The van der Waals surface area contributed by atoms with Crippen LogP contribution in [0.25, 0.3) is 0 Å². The van der Waals surface area contributed by atoms with E-state index >= 15 is 0 Å². The first-order valence-electron chi connectivity index (χ1n) is 7.59. The number of esters is 2. The molecule has 0 aliphatic heterocycles. The van der Waals surface area contributed by atoms with Crippen molar-refractivity contribution in [1.29, 1.82) is 0 Å². The molecule has 126 valence electrons. The Labute approximate surface area is 151 Å². The largest absolute Gasteiger partial charge is 0.465 e. The first kappa shape index (κ1) is 19.7. The van der Waals surface area contributed by atoms with Crippen molar-refractivity contribution in [3.63, 3.8) is 0 Å². The molecule has 0 saturated heterocycles. The van der Waals surface area contributed by atoms with Crippen LogP contribution in [0.15, 0.2) is 36.4 Å². The van der Waals surface area contributed by atoms with Crippen molar-refractivity contribution in [3.8, 4) is 0 Å². The highest BCUT2D eigenvalue weighted by atomic mass is 127. The van der Waals surface area contributed by atoms with E-state index in [4.69, 9.17) is 9.47 Å². The monoisotopic (exact) mass is 430 g/mol. The molecule has 0 heterocycles. The third kappa shape index (κ3) is 5.06. The minimum atomic E-state index is -1.39. The van der Waals surface area contributed by atoms with Crippen LogP contribution < -0.4 is 0 Å². The van der Waals surface area contributed by atoms with Crippen molar-refractivity contribution in [2.75, 3.05) is 13.2 Å². The molecular weight excluding hydrogens is 407 g/mol. The summed E-state index contributed by atoms with van der Waals surface area (Å²) in [4.78, 5) is 25.3. The van der Waals surface area contributed by atoms with Crippen LogP contribution in [0, 0.1) is 8.99 Å². The van der Waals surface area contributed by atoms with Gasteiger partial charge in [0.2, 0.25) is 0 Å². The Balaban J connectivity index is 3.35. The molecule has 0 bridgehead atoms. The third-order valence-electron chi connectivity index (χ3n) is 3.39. The molecular formula is C18H23IO4. The topological polar surface area (TPSA) is 52.6 Å². The summed E-state index contributed by atoms with van der Waals surface area (Å²) in [7, 11) is 0. The van der Waals surface area contributed by atoms with Gasteiger partial charge in [-0.05, 0) is 61.4 Å². The second-order valence-electron chi connectivity index (χ2n) is 5.43. The molecule has 0 saturated carbocycles. The summed E-state index contributed by atoms with van der Waals surface area (Å²) in [5.41, 5.74) is 0.256. The summed E-state index contributed by atoms with van der Waals surface area (Å²) in [5, 5.41) is 0. The van der Waals surface area contributed by atoms with Crippen LogP contribution in [-0.2, 0) is 25.5 Å². The lowest BCUT2D eigenvalue weighted by molar-refractivity contribution is -0.172. The predicted molar refractivity (Wildman–Crippen MR) is 98.0 cm³/mol. The lowest BCUT2D eigenvalue weighted by Crippen LogP contribution is -2.44. The summed E-state index contributed by atoms with van der Waals surface area (Å²) < 4.78 is 11.4. The summed E-state index contributed by atoms with van der Waals surface area (Å²) in [6, 6.07) is 7.66. The van der Waals surface area contributed by atoms with E-state index in [0.29, 0.717) is 0 Å². The average Bonchev–Trinajstić information content (AvgIpc) is 2.48. The van der Waals surface area contributed by atoms with Gasteiger partial charge < -0.3 is 9.47 Å². The molecule has 0 amide bonds. The van der Waals surface area contributed by atoms with Crippen molar-refractivity contribution >= 4 is 34.5 Å². The molecule has 1 aromatic carbocycles. The molecule has 0 atom stereocenters. The quantitative estimate of drug-likeness (QED) is 0.272. The maximum absolute atomic E-state index is 12.7. The molecule has 0 fully saturated rings. The predicted octanol–water partition coefficient (Wildman–Crippen LogP) is 3.91. The number of hydrogen-bond donors (Lipinski definition) is 0. The second-order valence-corrected chi connectivity index (χ2v) is 6.59. The molecule has 0 unspecified atom stereocenters. The zero-order valence-corrected chi connectivity index (χ0v) is 16.0. The second kappa shape index (κ2) is 9.05. The minimum Gasteiger partial charge on any atom is -0.465 e. The Morgan fingerprint density at radius 3 is 2.09 bits per heavy atom. The lowest BCUT2D eigenvalue weighted by atomic mass is 9.76. The number of hydrogen-bond acceptors (Lipinski definition) is 4. The zero-order valence-electron chi connectivity index (χ0n) is 13.9. The summed E-state index contributed by atoms with van der Waals surface area (Å²) in [5.74, 6) is -1.11. The fourth-order valence-electron chi connectivity index (χ4n) is 2.46. The number of carbonyl (C=O) groups is 2. The van der Waals surface area contributed by atoms with E-state index in [2.05, 4.69) is 29.2 Å². The highest BCUT2D eigenvalue weighted by Crippen LogP contribution is 2.35. The van der Waals surface area contributed by atoms with Gasteiger partial charge in [0.1, 0.15) is 0 Å². The summed E-state index contributed by atoms with van der Waals surface area (Å²) in [6.07, 6.45) is 0.437. The number of allylic oxidation sites excluding steroid dienone is 1. The van der Waals surface area contributed by atoms with Gasteiger partial charge in [0.25, 0.3) is 0 Å². The van der Waals surface area contributed by atoms with Crippen LogP contribution in [0.4, 0.5) is 0 Å². The molecule has 0 aliphatic rings. The molecule has 23 heavy (non-hydrogen) atoms. The average molecular weight is 430 g/mol. The molecule has 0 N–H and O–H groups in total. The zero-order chi connectivity index (χ0) is 17.5. The molecule has 4 nitrogen and oxygen atoms in total. The molecule has 0 aliphatic carbocycles. The number of carbonyl (C=O) groups excluding carboxylic acids is 2. The normalized spacial score (nSPS) is 11.0. The smallest absolute Gasteiger partial charge is 0.324 e. The third-order valence-corrected chi connectivity index (χ3v) is 4.44. The summed E-state index contributed by atoms with van der Waals surface area (Å²) >= 11 is 2.20. The van der Waals surface area contributed by atoms with Crippen LogP contribution in [-0.4, -0.2) is 25.2 Å². The Morgan fingerprint density at radius 2 is 1.65 bits per heavy atom. The number of benzene rings is 1. The van der Waals surface area contributed by atoms with Crippen molar-refractivity contribution in [1.82, 2.24) is 0 Å². The Hall–Kier alpha value is -1.37. The minimum absolute atomic E-state index is 0.204. The van der Waals surface area contributed by atoms with Crippen LogP contribution in [0.1, 0.15) is 32.8 Å². The van der Waals surface area contributed by atoms with E-state index in [0.717, 1.165) is 14.7 Å². The molecule has 0 radical (unpaired) electrons. The van der Waals surface area contributed by atoms with Gasteiger partial charge in [-0.3, -0.25) is 9.59 Å². The van der Waals surface area contributed by atoms with Gasteiger partial charge in [-0.1, -0.05) is 23.8 Å². The van der Waals surface area contributed by atoms with E-state index in [-0.39, 0.29) is 26.1 Å². The SMILES string of the molecule is C=C(C)CC(Cc1ccccc1I)(C(=O)OCC)C(=O)OCC. The first-order valence-corrected chi connectivity index (χ1v) is 8.67. The van der Waals surface area contributed by atoms with Crippen molar-refractivity contribution in [3.05, 3.63) is 45.6 Å². The highest BCUT2D eigenvalue weighted by molar-refractivity contribution is 14.1. The summed E-state index contributed by atoms with van der Waals surface area (Å²) in [6.45, 7) is 9.53. The highest BCUT2D eigenvalue weighted by Gasteiger charge is 2.49. The standard InChI is InChI=1S/C18H23IO4/c1-5-22-16(20)18(11-13(3)4,17(21)23-6-2)12-14-9-7-8-10-15(14)19/h7-10H,3,5-6,11-12H2,1-2,4H3. The van der Waals surface area contributed by atoms with Crippen molar-refractivity contribution in [2.24, 2.45) is 5.41 Å². The Kier molecular flexibility index (Phi) is 7.75. The van der Waals surface area contributed by atoms with Crippen molar-refractivity contribution < 1.29 is 19.1 Å². The molecule has 1 rings (SSSR count). The fourth-order valence-corrected chi connectivity index (χ4v) is 3.03. The lowest BCUT2D eigenvalue weighted by Gasteiger charge is -2.29. The molecule has 0 aromatic heterocycles. The number of rotatable bonds is 8. The van der Waals surface area contributed by atoms with Gasteiger partial charge in [-0.25, -0.2) is 0 Å². The maximum atomic E-state index is 12.7. The molecule has 5 heteroatoms. The van der Waals surface area contributed by atoms with Crippen LogP contribution in [0.2, 0.25) is 0 Å². The van der Waals surface area contributed by atoms with Gasteiger partial charge in [-0.15, -0.1) is 6.58 Å². The Morgan fingerprint density at radius 1 is 1.13 bits per heavy atom. The van der Waals surface area contributed by atoms with Crippen LogP contribution in [0.5, 0.6) is 0 Å². The van der Waals surface area contributed by atoms with E-state index in [1.165, 1.54) is 0 Å². The van der Waals surface area contributed by atoms with Crippen molar-refractivity contribution in [2.45, 2.75) is 33.6 Å². The number of halogens is 1. The van der Waals surface area contributed by atoms with E-state index < -0.39 is 17.4 Å². The van der Waals surface area contributed by atoms with Gasteiger partial charge in [0.05, 0.1) is 13.2 Å². The maximum Gasteiger partial charge on any atom is 0.324 e. The van der Waals surface area contributed by atoms with E-state index in [1.807, 2.05) is 24.3 Å².